The summed E-state index contributed by atoms with van der Waals surface area (Å²) >= 11 is 0. The number of fused-ring (bicyclic) bond motifs is 1. The highest BCUT2D eigenvalue weighted by Crippen LogP contribution is 2.23. The zero-order chi connectivity index (χ0) is 20.8. The fourth-order valence-electron chi connectivity index (χ4n) is 3.90. The van der Waals surface area contributed by atoms with Crippen LogP contribution in [-0.2, 0) is 22.7 Å². The maximum absolute atomic E-state index is 12.7. The molecule has 1 aromatic carbocycles. The lowest BCUT2D eigenvalue weighted by atomic mass is 9.89. The van der Waals surface area contributed by atoms with Gasteiger partial charge >= 0.3 is 5.69 Å². The smallest absolute Gasteiger partial charge is 0.331 e. The molecule has 1 heterocycles. The highest BCUT2D eigenvalue weighted by Gasteiger charge is 2.20. The van der Waals surface area contributed by atoms with Crippen molar-refractivity contribution >= 4 is 22.7 Å². The third-order valence-corrected chi connectivity index (χ3v) is 5.47. The number of hydrogen-bond acceptors (Lipinski definition) is 4. The van der Waals surface area contributed by atoms with Crippen molar-refractivity contribution < 1.29 is 9.59 Å². The van der Waals surface area contributed by atoms with Crippen molar-refractivity contribution in [3.05, 3.63) is 45.1 Å². The largest absolute Gasteiger partial charge is 0.354 e. The predicted octanol–water partition coefficient (Wildman–Crippen LogP) is 0.996. The number of nitrogens with one attached hydrogen (secondary N) is 2. The minimum absolute atomic E-state index is 0.0520. The summed E-state index contributed by atoms with van der Waals surface area (Å²) in [6.45, 7) is 2.41. The molecule has 2 amide bonds. The third kappa shape index (κ3) is 4.75. The summed E-state index contributed by atoms with van der Waals surface area (Å²) in [6.07, 6.45) is 5.25. The van der Waals surface area contributed by atoms with Crippen LogP contribution in [0.15, 0.2) is 33.9 Å². The van der Waals surface area contributed by atoms with E-state index in [1.54, 1.807) is 31.2 Å². The molecule has 0 spiro atoms. The number of amides is 2. The van der Waals surface area contributed by atoms with Gasteiger partial charge in [-0.1, -0.05) is 31.4 Å². The molecule has 1 aliphatic carbocycles. The minimum atomic E-state index is -0.503. The van der Waals surface area contributed by atoms with E-state index in [9.17, 15) is 19.2 Å². The Bertz CT molecular complexity index is 1000. The topological polar surface area (TPSA) is 102 Å². The van der Waals surface area contributed by atoms with Gasteiger partial charge in [-0.25, -0.2) is 4.79 Å². The number of carbonyl (C=O) groups is 2. The average molecular weight is 400 g/mol. The number of rotatable bonds is 7. The Morgan fingerprint density at radius 1 is 1.00 bits per heavy atom. The molecular weight excluding hydrogens is 372 g/mol. The molecule has 156 valence electrons. The van der Waals surface area contributed by atoms with Crippen LogP contribution in [0.4, 0.5) is 0 Å². The summed E-state index contributed by atoms with van der Waals surface area (Å²) in [5.74, 6) is -0.207. The molecule has 8 nitrogen and oxygen atoms in total. The fraction of sp³-hybridized carbons (Fsp3) is 0.524. The fourth-order valence-corrected chi connectivity index (χ4v) is 3.90. The van der Waals surface area contributed by atoms with Gasteiger partial charge in [0, 0.05) is 25.6 Å². The van der Waals surface area contributed by atoms with Crippen molar-refractivity contribution in [2.45, 2.75) is 52.1 Å². The molecule has 1 aliphatic rings. The van der Waals surface area contributed by atoms with Gasteiger partial charge < -0.3 is 10.6 Å². The first-order valence-corrected chi connectivity index (χ1v) is 10.3. The summed E-state index contributed by atoms with van der Waals surface area (Å²) in [5, 5.41) is 6.01. The van der Waals surface area contributed by atoms with Crippen molar-refractivity contribution in [1.29, 1.82) is 0 Å². The second kappa shape index (κ2) is 9.54. The van der Waals surface area contributed by atoms with Gasteiger partial charge in [-0.05, 0) is 31.9 Å². The van der Waals surface area contributed by atoms with E-state index in [0.717, 1.165) is 30.3 Å². The zero-order valence-corrected chi connectivity index (χ0v) is 16.8. The molecule has 1 saturated carbocycles. The van der Waals surface area contributed by atoms with Crippen molar-refractivity contribution in [3.8, 4) is 0 Å². The first-order valence-electron chi connectivity index (χ1n) is 10.3. The second-order valence-electron chi connectivity index (χ2n) is 7.41. The number of para-hydroxylation sites is 1. The number of carbonyl (C=O) groups excluding carboxylic acids is 2. The first kappa shape index (κ1) is 20.8. The minimum Gasteiger partial charge on any atom is -0.354 e. The van der Waals surface area contributed by atoms with Crippen molar-refractivity contribution in [3.63, 3.8) is 0 Å². The molecule has 1 fully saturated rings. The molecule has 0 radical (unpaired) electrons. The molecule has 0 atom stereocenters. The summed E-state index contributed by atoms with van der Waals surface area (Å²) in [6, 6.07) is 6.77. The van der Waals surface area contributed by atoms with Crippen LogP contribution in [-0.4, -0.2) is 34.0 Å². The molecule has 2 aromatic rings. The molecule has 2 N–H and O–H groups in total. The Labute approximate surface area is 168 Å². The highest BCUT2D eigenvalue weighted by atomic mass is 16.2. The van der Waals surface area contributed by atoms with E-state index in [0.29, 0.717) is 17.4 Å². The van der Waals surface area contributed by atoms with Gasteiger partial charge in [0.25, 0.3) is 5.56 Å². The molecule has 1 aromatic heterocycles. The Morgan fingerprint density at radius 3 is 2.41 bits per heavy atom. The summed E-state index contributed by atoms with van der Waals surface area (Å²) in [5.41, 5.74) is -0.417. The molecule has 29 heavy (non-hydrogen) atoms. The van der Waals surface area contributed by atoms with E-state index >= 15 is 0 Å². The molecule has 3 rings (SSSR count). The Kier molecular flexibility index (Phi) is 6.85. The van der Waals surface area contributed by atoms with Gasteiger partial charge in [0.1, 0.15) is 6.54 Å². The highest BCUT2D eigenvalue weighted by molar-refractivity contribution is 5.82. The molecule has 0 bridgehead atoms. The summed E-state index contributed by atoms with van der Waals surface area (Å²) < 4.78 is 2.44. The van der Waals surface area contributed by atoms with E-state index in [4.69, 9.17) is 0 Å². The van der Waals surface area contributed by atoms with Crippen LogP contribution in [0.25, 0.3) is 10.9 Å². The molecular formula is C21H28N4O4. The SMILES string of the molecule is CCn1c(=O)c2ccccc2n(CC(=O)NCCNC(=O)C2CCCCC2)c1=O. The van der Waals surface area contributed by atoms with E-state index < -0.39 is 5.69 Å². The van der Waals surface area contributed by atoms with Crippen molar-refractivity contribution in [2.75, 3.05) is 13.1 Å². The van der Waals surface area contributed by atoms with Gasteiger partial charge in [-0.15, -0.1) is 0 Å². The third-order valence-electron chi connectivity index (χ3n) is 5.47. The van der Waals surface area contributed by atoms with E-state index in [-0.39, 0.29) is 42.9 Å². The number of nitrogens with zero attached hydrogens (tertiary/aromatic N) is 2. The van der Waals surface area contributed by atoms with Crippen LogP contribution in [0.1, 0.15) is 39.0 Å². The van der Waals surface area contributed by atoms with E-state index in [1.165, 1.54) is 11.0 Å². The van der Waals surface area contributed by atoms with Gasteiger partial charge in [0.2, 0.25) is 11.8 Å². The van der Waals surface area contributed by atoms with E-state index in [1.807, 2.05) is 0 Å². The van der Waals surface area contributed by atoms with Crippen molar-refractivity contribution in [1.82, 2.24) is 19.8 Å². The normalized spacial score (nSPS) is 14.7. The lowest BCUT2D eigenvalue weighted by Gasteiger charge is -2.20. The van der Waals surface area contributed by atoms with Crippen molar-refractivity contribution in [2.24, 2.45) is 5.92 Å². The predicted molar refractivity (Wildman–Crippen MR) is 111 cm³/mol. The Hall–Kier alpha value is -2.90. The Morgan fingerprint density at radius 2 is 1.69 bits per heavy atom. The van der Waals surface area contributed by atoms with Gasteiger partial charge in [-0.3, -0.25) is 23.5 Å². The van der Waals surface area contributed by atoms with Gasteiger partial charge in [0.15, 0.2) is 0 Å². The average Bonchev–Trinajstić information content (AvgIpc) is 2.75. The maximum Gasteiger partial charge on any atom is 0.331 e. The van der Waals surface area contributed by atoms with E-state index in [2.05, 4.69) is 10.6 Å². The lowest BCUT2D eigenvalue weighted by molar-refractivity contribution is -0.126. The summed E-state index contributed by atoms with van der Waals surface area (Å²) in [7, 11) is 0. The van der Waals surface area contributed by atoms with Crippen LogP contribution in [0, 0.1) is 5.92 Å². The van der Waals surface area contributed by atoms with Crippen LogP contribution in [0.5, 0.6) is 0 Å². The summed E-state index contributed by atoms with van der Waals surface area (Å²) in [4.78, 5) is 49.6. The molecule has 0 aliphatic heterocycles. The van der Waals surface area contributed by atoms with Gasteiger partial charge in [0.05, 0.1) is 10.9 Å². The zero-order valence-electron chi connectivity index (χ0n) is 16.8. The quantitative estimate of drug-likeness (QED) is 0.677. The molecule has 0 unspecified atom stereocenters. The maximum atomic E-state index is 12.7. The van der Waals surface area contributed by atoms with Crippen LogP contribution < -0.4 is 21.9 Å². The second-order valence-corrected chi connectivity index (χ2v) is 7.41. The lowest BCUT2D eigenvalue weighted by Crippen LogP contribution is -2.43. The standard InChI is InChI=1S/C21H28N4O4/c1-2-24-20(28)16-10-6-7-11-17(16)25(21(24)29)14-18(26)22-12-13-23-19(27)15-8-4-3-5-9-15/h6-7,10-11,15H,2-5,8-9,12-14H2,1H3,(H,22,26)(H,23,27). The number of benzene rings is 1. The number of hydrogen-bond donors (Lipinski definition) is 2. The monoisotopic (exact) mass is 400 g/mol. The van der Waals surface area contributed by atoms with Crippen LogP contribution in [0.2, 0.25) is 0 Å². The molecule has 0 saturated heterocycles. The Balaban J connectivity index is 1.61. The number of aromatic nitrogens is 2. The molecule has 8 heteroatoms. The first-order chi connectivity index (χ1) is 14.0. The van der Waals surface area contributed by atoms with Crippen LogP contribution >= 0.6 is 0 Å². The van der Waals surface area contributed by atoms with Crippen LogP contribution in [0.3, 0.4) is 0 Å². The van der Waals surface area contributed by atoms with Gasteiger partial charge in [-0.2, -0.15) is 0 Å².